The summed E-state index contributed by atoms with van der Waals surface area (Å²) in [7, 11) is 0. The van der Waals surface area contributed by atoms with Gasteiger partial charge in [-0.25, -0.2) is 0 Å². The molecule has 3 heteroatoms. The third kappa shape index (κ3) is 5.50. The molecule has 0 N–H and O–H groups in total. The Morgan fingerprint density at radius 3 is 2.29 bits per heavy atom. The standard InChI is InChI=1S/C18H30N2O/c1-5-8-14-19(6-2)16(4)18(21)20(7-3)15-17-12-10-9-11-13-17/h9-13,16H,5-8,14-15H2,1-4H3. The number of carbonyl (C=O) groups is 1. The van der Waals surface area contributed by atoms with Crippen molar-refractivity contribution in [2.75, 3.05) is 19.6 Å². The molecule has 21 heavy (non-hydrogen) atoms. The molecule has 0 aliphatic heterocycles. The van der Waals surface area contributed by atoms with Crippen LogP contribution in [0.2, 0.25) is 0 Å². The van der Waals surface area contributed by atoms with Crippen molar-refractivity contribution in [3.8, 4) is 0 Å². The van der Waals surface area contributed by atoms with Crippen molar-refractivity contribution < 1.29 is 4.79 Å². The fourth-order valence-corrected chi connectivity index (χ4v) is 2.56. The van der Waals surface area contributed by atoms with Crippen molar-refractivity contribution in [2.45, 2.75) is 53.1 Å². The van der Waals surface area contributed by atoms with Gasteiger partial charge < -0.3 is 4.90 Å². The third-order valence-electron chi connectivity index (χ3n) is 4.02. The van der Waals surface area contributed by atoms with Crippen LogP contribution in [-0.2, 0) is 11.3 Å². The number of nitrogens with zero attached hydrogens (tertiary/aromatic N) is 2. The Bertz CT molecular complexity index is 405. The molecular formula is C18H30N2O. The summed E-state index contributed by atoms with van der Waals surface area (Å²) in [6.45, 7) is 11.8. The predicted molar refractivity (Wildman–Crippen MR) is 89.2 cm³/mol. The number of hydrogen-bond donors (Lipinski definition) is 0. The second-order valence-electron chi connectivity index (χ2n) is 5.50. The second-order valence-corrected chi connectivity index (χ2v) is 5.50. The van der Waals surface area contributed by atoms with Crippen LogP contribution in [0.3, 0.4) is 0 Å². The van der Waals surface area contributed by atoms with E-state index in [1.807, 2.05) is 30.0 Å². The fourth-order valence-electron chi connectivity index (χ4n) is 2.56. The zero-order valence-corrected chi connectivity index (χ0v) is 14.0. The number of rotatable bonds is 9. The minimum absolute atomic E-state index is 0.0368. The molecule has 0 aliphatic carbocycles. The minimum atomic E-state index is -0.0368. The Labute approximate surface area is 129 Å². The number of unbranched alkanes of at least 4 members (excludes halogenated alkanes) is 1. The molecule has 0 fully saturated rings. The van der Waals surface area contributed by atoms with Gasteiger partial charge >= 0.3 is 0 Å². The van der Waals surface area contributed by atoms with Crippen LogP contribution in [0.25, 0.3) is 0 Å². The van der Waals surface area contributed by atoms with Crippen molar-refractivity contribution in [1.82, 2.24) is 9.80 Å². The molecule has 0 saturated heterocycles. The van der Waals surface area contributed by atoms with Gasteiger partial charge in [-0.3, -0.25) is 9.69 Å². The first-order chi connectivity index (χ1) is 10.1. The third-order valence-corrected chi connectivity index (χ3v) is 4.02. The van der Waals surface area contributed by atoms with E-state index in [9.17, 15) is 4.79 Å². The highest BCUT2D eigenvalue weighted by Crippen LogP contribution is 2.10. The number of hydrogen-bond acceptors (Lipinski definition) is 2. The van der Waals surface area contributed by atoms with Crippen molar-refractivity contribution in [3.63, 3.8) is 0 Å². The molecule has 1 aromatic rings. The maximum atomic E-state index is 12.7. The summed E-state index contributed by atoms with van der Waals surface area (Å²) in [6.07, 6.45) is 2.31. The highest BCUT2D eigenvalue weighted by Gasteiger charge is 2.24. The molecule has 3 nitrogen and oxygen atoms in total. The van der Waals surface area contributed by atoms with E-state index in [0.29, 0.717) is 6.54 Å². The average Bonchev–Trinajstić information content (AvgIpc) is 2.53. The SMILES string of the molecule is CCCCN(CC)C(C)C(=O)N(CC)Cc1ccccc1. The number of likely N-dealkylation sites (N-methyl/N-ethyl adjacent to an activating group) is 2. The van der Waals surface area contributed by atoms with Crippen molar-refractivity contribution in [1.29, 1.82) is 0 Å². The van der Waals surface area contributed by atoms with E-state index in [1.165, 1.54) is 12.0 Å². The number of carbonyl (C=O) groups excluding carboxylic acids is 1. The van der Waals surface area contributed by atoms with Gasteiger partial charge in [0.15, 0.2) is 0 Å². The Morgan fingerprint density at radius 1 is 1.10 bits per heavy atom. The van der Waals surface area contributed by atoms with Gasteiger partial charge in [0.2, 0.25) is 5.91 Å². The Kier molecular flexibility index (Phi) is 8.06. The number of amides is 1. The Balaban J connectivity index is 2.68. The summed E-state index contributed by atoms with van der Waals surface area (Å²) in [5.74, 6) is 0.235. The van der Waals surface area contributed by atoms with Crippen LogP contribution in [0.1, 0.15) is 46.1 Å². The van der Waals surface area contributed by atoms with Gasteiger partial charge in [0.25, 0.3) is 0 Å². The molecule has 1 aromatic carbocycles. The molecule has 0 aliphatic rings. The van der Waals surface area contributed by atoms with Crippen LogP contribution in [0.15, 0.2) is 30.3 Å². The smallest absolute Gasteiger partial charge is 0.239 e. The Morgan fingerprint density at radius 2 is 1.76 bits per heavy atom. The van der Waals surface area contributed by atoms with Crippen LogP contribution in [0, 0.1) is 0 Å². The molecule has 0 aromatic heterocycles. The van der Waals surface area contributed by atoms with Gasteiger partial charge in [-0.1, -0.05) is 50.6 Å². The van der Waals surface area contributed by atoms with Gasteiger partial charge in [0, 0.05) is 13.1 Å². The lowest BCUT2D eigenvalue weighted by Gasteiger charge is -2.31. The van der Waals surface area contributed by atoms with Crippen LogP contribution in [0.4, 0.5) is 0 Å². The highest BCUT2D eigenvalue weighted by molar-refractivity contribution is 5.81. The zero-order valence-electron chi connectivity index (χ0n) is 14.0. The van der Waals surface area contributed by atoms with E-state index in [0.717, 1.165) is 26.1 Å². The molecule has 1 atom stereocenters. The summed E-state index contributed by atoms with van der Waals surface area (Å²) >= 11 is 0. The monoisotopic (exact) mass is 290 g/mol. The summed E-state index contributed by atoms with van der Waals surface area (Å²) in [4.78, 5) is 17.0. The topological polar surface area (TPSA) is 23.6 Å². The predicted octanol–water partition coefficient (Wildman–Crippen LogP) is 3.55. The van der Waals surface area contributed by atoms with Crippen molar-refractivity contribution in [2.24, 2.45) is 0 Å². The molecule has 1 rings (SSSR count). The quantitative estimate of drug-likeness (QED) is 0.694. The van der Waals surface area contributed by atoms with E-state index >= 15 is 0 Å². The zero-order chi connectivity index (χ0) is 15.7. The van der Waals surface area contributed by atoms with E-state index in [4.69, 9.17) is 0 Å². The van der Waals surface area contributed by atoms with Crippen LogP contribution in [0.5, 0.6) is 0 Å². The van der Waals surface area contributed by atoms with Gasteiger partial charge in [-0.05, 0) is 38.9 Å². The minimum Gasteiger partial charge on any atom is -0.337 e. The molecule has 1 unspecified atom stereocenters. The van der Waals surface area contributed by atoms with E-state index < -0.39 is 0 Å². The molecule has 0 bridgehead atoms. The van der Waals surface area contributed by atoms with Crippen molar-refractivity contribution in [3.05, 3.63) is 35.9 Å². The first kappa shape index (κ1) is 17.7. The molecule has 0 saturated carbocycles. The lowest BCUT2D eigenvalue weighted by Crippen LogP contribution is -2.47. The maximum Gasteiger partial charge on any atom is 0.239 e. The molecule has 1 amide bonds. The molecule has 0 radical (unpaired) electrons. The lowest BCUT2D eigenvalue weighted by molar-refractivity contribution is -0.136. The van der Waals surface area contributed by atoms with Gasteiger partial charge in [-0.15, -0.1) is 0 Å². The largest absolute Gasteiger partial charge is 0.337 e. The van der Waals surface area contributed by atoms with Crippen molar-refractivity contribution >= 4 is 5.91 Å². The van der Waals surface area contributed by atoms with Gasteiger partial charge in [0.05, 0.1) is 6.04 Å². The van der Waals surface area contributed by atoms with E-state index in [1.54, 1.807) is 0 Å². The summed E-state index contributed by atoms with van der Waals surface area (Å²) in [6, 6.07) is 10.2. The maximum absolute atomic E-state index is 12.7. The van der Waals surface area contributed by atoms with Crippen LogP contribution >= 0.6 is 0 Å². The van der Waals surface area contributed by atoms with E-state index in [2.05, 4.69) is 37.8 Å². The Hall–Kier alpha value is -1.35. The summed E-state index contributed by atoms with van der Waals surface area (Å²) in [5, 5.41) is 0. The van der Waals surface area contributed by atoms with Crippen LogP contribution in [-0.4, -0.2) is 41.4 Å². The van der Waals surface area contributed by atoms with Crippen LogP contribution < -0.4 is 0 Å². The molecular weight excluding hydrogens is 260 g/mol. The lowest BCUT2D eigenvalue weighted by atomic mass is 10.1. The second kappa shape index (κ2) is 9.56. The summed E-state index contributed by atoms with van der Waals surface area (Å²) in [5.41, 5.74) is 1.19. The first-order valence-electron chi connectivity index (χ1n) is 8.20. The molecule has 0 spiro atoms. The van der Waals surface area contributed by atoms with Gasteiger partial charge in [0.1, 0.15) is 0 Å². The van der Waals surface area contributed by atoms with Gasteiger partial charge in [-0.2, -0.15) is 0 Å². The summed E-state index contributed by atoms with van der Waals surface area (Å²) < 4.78 is 0. The fraction of sp³-hybridized carbons (Fsp3) is 0.611. The average molecular weight is 290 g/mol. The molecule has 118 valence electrons. The first-order valence-corrected chi connectivity index (χ1v) is 8.20. The molecule has 0 heterocycles. The highest BCUT2D eigenvalue weighted by atomic mass is 16.2. The number of benzene rings is 1. The van der Waals surface area contributed by atoms with E-state index in [-0.39, 0.29) is 11.9 Å². The normalized spacial score (nSPS) is 12.4.